The SMILES string of the molecule is Cc1cc(C)c(S(=O)(=O)NC2(C)CCOC2)cc1CN. The fraction of sp³-hybridized carbons (Fsp3) is 0.571. The van der Waals surface area contributed by atoms with E-state index in [1.54, 1.807) is 13.0 Å². The van der Waals surface area contributed by atoms with Crippen molar-refractivity contribution in [3.8, 4) is 0 Å². The molecule has 0 bridgehead atoms. The van der Waals surface area contributed by atoms with E-state index in [9.17, 15) is 8.42 Å². The van der Waals surface area contributed by atoms with Gasteiger partial charge in [-0.05, 0) is 49.9 Å². The van der Waals surface area contributed by atoms with Crippen molar-refractivity contribution in [3.05, 3.63) is 28.8 Å². The Hall–Kier alpha value is -0.950. The van der Waals surface area contributed by atoms with E-state index in [4.69, 9.17) is 10.5 Å². The van der Waals surface area contributed by atoms with Crippen LogP contribution in [0.3, 0.4) is 0 Å². The molecule has 20 heavy (non-hydrogen) atoms. The third kappa shape index (κ3) is 3.03. The summed E-state index contributed by atoms with van der Waals surface area (Å²) in [7, 11) is -3.57. The molecule has 1 atom stereocenters. The molecule has 1 fully saturated rings. The van der Waals surface area contributed by atoms with Gasteiger partial charge in [0.25, 0.3) is 0 Å². The fourth-order valence-electron chi connectivity index (χ4n) is 2.51. The van der Waals surface area contributed by atoms with Gasteiger partial charge in [0.1, 0.15) is 0 Å². The summed E-state index contributed by atoms with van der Waals surface area (Å²) in [5.41, 5.74) is 7.73. The third-order valence-corrected chi connectivity index (χ3v) is 5.52. The molecule has 112 valence electrons. The van der Waals surface area contributed by atoms with Gasteiger partial charge in [0.2, 0.25) is 10.0 Å². The predicted octanol–water partition coefficient (Wildman–Crippen LogP) is 1.22. The van der Waals surface area contributed by atoms with Crippen molar-refractivity contribution in [1.82, 2.24) is 4.72 Å². The number of benzene rings is 1. The first-order valence-corrected chi connectivity index (χ1v) is 8.18. The molecule has 1 aliphatic rings. The summed E-state index contributed by atoms with van der Waals surface area (Å²) in [6, 6.07) is 3.54. The highest BCUT2D eigenvalue weighted by Crippen LogP contribution is 2.25. The Morgan fingerprint density at radius 3 is 2.60 bits per heavy atom. The van der Waals surface area contributed by atoms with Gasteiger partial charge in [0.15, 0.2) is 0 Å². The minimum Gasteiger partial charge on any atom is -0.379 e. The van der Waals surface area contributed by atoms with Crippen LogP contribution in [0.2, 0.25) is 0 Å². The van der Waals surface area contributed by atoms with Crippen LogP contribution in [0.1, 0.15) is 30.0 Å². The average molecular weight is 298 g/mol. The molecule has 5 nitrogen and oxygen atoms in total. The van der Waals surface area contributed by atoms with Gasteiger partial charge in [-0.3, -0.25) is 0 Å². The first kappa shape index (κ1) is 15.4. The molecule has 1 heterocycles. The molecule has 1 aromatic carbocycles. The monoisotopic (exact) mass is 298 g/mol. The Bertz CT molecular complexity index is 605. The molecule has 0 aliphatic carbocycles. The first-order valence-electron chi connectivity index (χ1n) is 6.69. The maximum atomic E-state index is 12.6. The quantitative estimate of drug-likeness (QED) is 0.875. The largest absolute Gasteiger partial charge is 0.379 e. The zero-order valence-electron chi connectivity index (χ0n) is 12.2. The smallest absolute Gasteiger partial charge is 0.241 e. The molecule has 2 rings (SSSR count). The molecule has 1 unspecified atom stereocenters. The van der Waals surface area contributed by atoms with E-state index in [1.165, 1.54) is 0 Å². The topological polar surface area (TPSA) is 81.4 Å². The van der Waals surface area contributed by atoms with Crippen LogP contribution in [0.25, 0.3) is 0 Å². The average Bonchev–Trinajstić information content (AvgIpc) is 2.74. The lowest BCUT2D eigenvalue weighted by Crippen LogP contribution is -2.46. The van der Waals surface area contributed by atoms with Crippen molar-refractivity contribution in [3.63, 3.8) is 0 Å². The van der Waals surface area contributed by atoms with Gasteiger partial charge in [0.05, 0.1) is 17.0 Å². The number of sulfonamides is 1. The first-order chi connectivity index (χ1) is 9.27. The Balaban J connectivity index is 2.39. The predicted molar refractivity (Wildman–Crippen MR) is 78.0 cm³/mol. The molecule has 6 heteroatoms. The number of aryl methyl sites for hydroxylation is 2. The van der Waals surface area contributed by atoms with Gasteiger partial charge in [-0.2, -0.15) is 0 Å². The summed E-state index contributed by atoms with van der Waals surface area (Å²) >= 11 is 0. The van der Waals surface area contributed by atoms with Crippen LogP contribution < -0.4 is 10.5 Å². The van der Waals surface area contributed by atoms with Crippen LogP contribution in [0, 0.1) is 13.8 Å². The van der Waals surface area contributed by atoms with Gasteiger partial charge >= 0.3 is 0 Å². The molecule has 0 amide bonds. The van der Waals surface area contributed by atoms with Crippen molar-refractivity contribution in [1.29, 1.82) is 0 Å². The highest BCUT2D eigenvalue weighted by molar-refractivity contribution is 7.89. The minimum atomic E-state index is -3.57. The van der Waals surface area contributed by atoms with Gasteiger partial charge in [-0.25, -0.2) is 13.1 Å². The van der Waals surface area contributed by atoms with Crippen LogP contribution >= 0.6 is 0 Å². The van der Waals surface area contributed by atoms with Crippen molar-refractivity contribution >= 4 is 10.0 Å². The zero-order chi connectivity index (χ0) is 15.0. The van der Waals surface area contributed by atoms with Crippen molar-refractivity contribution in [2.45, 2.75) is 44.2 Å². The Morgan fingerprint density at radius 2 is 2.05 bits per heavy atom. The third-order valence-electron chi connectivity index (χ3n) is 3.74. The number of ether oxygens (including phenoxy) is 1. The molecular weight excluding hydrogens is 276 g/mol. The van der Waals surface area contributed by atoms with Crippen LogP contribution in [-0.2, 0) is 21.3 Å². The Morgan fingerprint density at radius 1 is 1.35 bits per heavy atom. The van der Waals surface area contributed by atoms with Gasteiger partial charge < -0.3 is 10.5 Å². The Kier molecular flexibility index (Phi) is 4.20. The summed E-state index contributed by atoms with van der Waals surface area (Å²) in [6.45, 7) is 6.92. The van der Waals surface area contributed by atoms with E-state index < -0.39 is 15.6 Å². The normalized spacial score (nSPS) is 23.2. The standard InChI is InChI=1S/C14H22N2O3S/c1-10-6-11(2)13(7-12(10)8-15)20(17,18)16-14(3)4-5-19-9-14/h6-7,16H,4-5,8-9,15H2,1-3H3. The minimum absolute atomic E-state index is 0.302. The van der Waals surface area contributed by atoms with E-state index in [0.29, 0.717) is 31.1 Å². The fourth-order valence-corrected chi connectivity index (χ4v) is 4.21. The van der Waals surface area contributed by atoms with E-state index in [-0.39, 0.29) is 0 Å². The number of nitrogens with two attached hydrogens (primary N) is 1. The lowest BCUT2D eigenvalue weighted by atomic mass is 10.0. The van der Waals surface area contributed by atoms with Crippen LogP contribution in [-0.4, -0.2) is 27.2 Å². The van der Waals surface area contributed by atoms with Crippen LogP contribution in [0.4, 0.5) is 0 Å². The second-order valence-electron chi connectivity index (χ2n) is 5.72. The molecule has 0 aromatic heterocycles. The maximum Gasteiger partial charge on any atom is 0.241 e. The number of nitrogens with one attached hydrogen (secondary N) is 1. The van der Waals surface area contributed by atoms with Crippen molar-refractivity contribution in [2.75, 3.05) is 13.2 Å². The molecule has 0 spiro atoms. The zero-order valence-corrected chi connectivity index (χ0v) is 13.0. The van der Waals surface area contributed by atoms with E-state index in [0.717, 1.165) is 16.7 Å². The van der Waals surface area contributed by atoms with Gasteiger partial charge in [0, 0.05) is 13.2 Å². The molecule has 0 radical (unpaired) electrons. The maximum absolute atomic E-state index is 12.6. The molecule has 0 saturated carbocycles. The van der Waals surface area contributed by atoms with Crippen molar-refractivity contribution in [2.24, 2.45) is 5.73 Å². The van der Waals surface area contributed by atoms with E-state index in [2.05, 4.69) is 4.72 Å². The summed E-state index contributed by atoms with van der Waals surface area (Å²) in [6.07, 6.45) is 0.681. The molecule has 1 aromatic rings. The number of hydrogen-bond donors (Lipinski definition) is 2. The van der Waals surface area contributed by atoms with Crippen LogP contribution in [0.15, 0.2) is 17.0 Å². The van der Waals surface area contributed by atoms with Gasteiger partial charge in [-0.15, -0.1) is 0 Å². The summed E-state index contributed by atoms with van der Waals surface area (Å²) in [5, 5.41) is 0. The molecular formula is C14H22N2O3S. The van der Waals surface area contributed by atoms with Gasteiger partial charge in [-0.1, -0.05) is 6.07 Å². The van der Waals surface area contributed by atoms with Crippen molar-refractivity contribution < 1.29 is 13.2 Å². The highest BCUT2D eigenvalue weighted by atomic mass is 32.2. The number of rotatable bonds is 4. The molecule has 1 saturated heterocycles. The second kappa shape index (κ2) is 5.44. The van der Waals surface area contributed by atoms with E-state index >= 15 is 0 Å². The lowest BCUT2D eigenvalue weighted by Gasteiger charge is -2.24. The number of hydrogen-bond acceptors (Lipinski definition) is 4. The van der Waals surface area contributed by atoms with E-state index in [1.807, 2.05) is 19.9 Å². The summed E-state index contributed by atoms with van der Waals surface area (Å²) in [5.74, 6) is 0. The summed E-state index contributed by atoms with van der Waals surface area (Å²) in [4.78, 5) is 0.302. The molecule has 1 aliphatic heterocycles. The van der Waals surface area contributed by atoms with Crippen LogP contribution in [0.5, 0.6) is 0 Å². The summed E-state index contributed by atoms with van der Waals surface area (Å²) < 4.78 is 33.2. The molecule has 3 N–H and O–H groups in total. The second-order valence-corrected chi connectivity index (χ2v) is 7.37. The highest BCUT2D eigenvalue weighted by Gasteiger charge is 2.35. The lowest BCUT2D eigenvalue weighted by molar-refractivity contribution is 0.178. The Labute approximate surface area is 120 Å².